The van der Waals surface area contributed by atoms with Crippen LogP contribution in [0.2, 0.25) is 0 Å². The molecule has 1 unspecified atom stereocenters. The number of carbonyl (C=O) groups excluding carboxylic acids is 6. The summed E-state index contributed by atoms with van der Waals surface area (Å²) in [5, 5.41) is 6.02. The molecule has 9 nitrogen and oxygen atoms in total. The molecule has 8 atom stereocenters. The van der Waals surface area contributed by atoms with E-state index in [1.165, 1.54) is 0 Å². The van der Waals surface area contributed by atoms with Gasteiger partial charge in [-0.1, -0.05) is 59.3 Å². The Balaban J connectivity index is 1.46. The molecule has 2 amide bonds. The lowest BCUT2D eigenvalue weighted by molar-refractivity contribution is -0.163. The Morgan fingerprint density at radius 2 is 1.16 bits per heavy atom. The summed E-state index contributed by atoms with van der Waals surface area (Å²) in [5.41, 5.74) is -0.541. The SMILES string of the molecule is CC(C)C(=O)CC[C@@H]1CCCC[C@H]1C(=O)C[C@H](C)C(=O)NCC1CCCC[C@H]1C(=O)N[C@H](C)C(=O)CC[C@@H]1CCCC[C@H]1C(=O)OC(C)(C)C. The van der Waals surface area contributed by atoms with Crippen LogP contribution >= 0.6 is 0 Å². The van der Waals surface area contributed by atoms with Gasteiger partial charge in [-0.15, -0.1) is 0 Å². The minimum absolute atomic E-state index is 0.00935. The number of ketones is 3. The van der Waals surface area contributed by atoms with Crippen LogP contribution in [0.15, 0.2) is 0 Å². The number of esters is 1. The number of amides is 2. The Labute approximate surface area is 302 Å². The van der Waals surface area contributed by atoms with E-state index in [0.29, 0.717) is 32.2 Å². The molecule has 2 N–H and O–H groups in total. The fourth-order valence-electron chi connectivity index (χ4n) is 8.53. The minimum Gasteiger partial charge on any atom is -0.460 e. The van der Waals surface area contributed by atoms with Crippen LogP contribution in [0, 0.1) is 47.3 Å². The van der Waals surface area contributed by atoms with Crippen molar-refractivity contribution in [2.24, 2.45) is 47.3 Å². The van der Waals surface area contributed by atoms with E-state index >= 15 is 0 Å². The minimum atomic E-state index is -0.624. The van der Waals surface area contributed by atoms with E-state index in [-0.39, 0.29) is 83.0 Å². The van der Waals surface area contributed by atoms with E-state index < -0.39 is 17.6 Å². The molecule has 0 bridgehead atoms. The molecule has 3 rings (SSSR count). The summed E-state index contributed by atoms with van der Waals surface area (Å²) in [4.78, 5) is 78.3. The molecule has 0 aromatic heterocycles. The van der Waals surface area contributed by atoms with Gasteiger partial charge in [0.2, 0.25) is 11.8 Å². The van der Waals surface area contributed by atoms with E-state index in [0.717, 1.165) is 77.0 Å². The van der Waals surface area contributed by atoms with Crippen LogP contribution < -0.4 is 10.6 Å². The van der Waals surface area contributed by atoms with Crippen LogP contribution in [0.5, 0.6) is 0 Å². The van der Waals surface area contributed by atoms with Gasteiger partial charge in [0.25, 0.3) is 0 Å². The topological polar surface area (TPSA) is 136 Å². The lowest BCUT2D eigenvalue weighted by Gasteiger charge is -2.33. The normalized spacial score (nSPS) is 27.1. The maximum absolute atomic E-state index is 13.5. The summed E-state index contributed by atoms with van der Waals surface area (Å²) in [5.74, 6) is -0.845. The standard InChI is InChI=1S/C41H68N2O7/c1-26(2)35(44)22-20-29-14-8-11-17-32(29)37(46)24-27(3)38(47)42-25-31-16-10-12-18-33(31)39(48)43-28(4)36(45)23-21-30-15-9-13-19-34(30)40(49)50-41(5,6)7/h26-34H,8-25H2,1-7H3,(H,42,47)(H,43,48)/t27-,28+,29-,30-,31?,32+,33+,34+/m0/s1. The Morgan fingerprint density at radius 3 is 1.74 bits per heavy atom. The molecule has 9 heteroatoms. The molecule has 50 heavy (non-hydrogen) atoms. The summed E-state index contributed by atoms with van der Waals surface area (Å²) in [6, 6.07) is -0.624. The van der Waals surface area contributed by atoms with Crippen molar-refractivity contribution in [3.8, 4) is 0 Å². The zero-order valence-electron chi connectivity index (χ0n) is 32.3. The van der Waals surface area contributed by atoms with Crippen molar-refractivity contribution in [1.82, 2.24) is 10.6 Å². The highest BCUT2D eigenvalue weighted by atomic mass is 16.6. The van der Waals surface area contributed by atoms with Crippen LogP contribution in [-0.4, -0.2) is 53.3 Å². The van der Waals surface area contributed by atoms with E-state index in [9.17, 15) is 28.8 Å². The average molecular weight is 701 g/mol. The summed E-state index contributed by atoms with van der Waals surface area (Å²) in [6.45, 7) is 13.4. The summed E-state index contributed by atoms with van der Waals surface area (Å²) in [7, 11) is 0. The second-order valence-corrected chi connectivity index (χ2v) is 17.2. The predicted molar refractivity (Wildman–Crippen MR) is 195 cm³/mol. The number of carbonyl (C=O) groups is 6. The van der Waals surface area contributed by atoms with Gasteiger partial charge in [-0.05, 0) is 96.8 Å². The van der Waals surface area contributed by atoms with Gasteiger partial charge in [0.05, 0.1) is 12.0 Å². The van der Waals surface area contributed by atoms with Gasteiger partial charge in [0.1, 0.15) is 17.2 Å². The number of hydrogen-bond acceptors (Lipinski definition) is 7. The van der Waals surface area contributed by atoms with Crippen LogP contribution in [0.25, 0.3) is 0 Å². The zero-order valence-corrected chi connectivity index (χ0v) is 32.3. The molecule has 3 saturated carbocycles. The maximum atomic E-state index is 13.5. The van der Waals surface area contributed by atoms with Crippen molar-refractivity contribution in [2.45, 2.75) is 169 Å². The number of rotatable bonds is 17. The lowest BCUT2D eigenvalue weighted by atomic mass is 9.73. The van der Waals surface area contributed by atoms with Crippen molar-refractivity contribution in [3.63, 3.8) is 0 Å². The summed E-state index contributed by atoms with van der Waals surface area (Å²) >= 11 is 0. The van der Waals surface area contributed by atoms with Gasteiger partial charge >= 0.3 is 5.97 Å². The summed E-state index contributed by atoms with van der Waals surface area (Å²) < 4.78 is 5.67. The quantitative estimate of drug-likeness (QED) is 0.152. The van der Waals surface area contributed by atoms with Gasteiger partial charge < -0.3 is 15.4 Å². The van der Waals surface area contributed by atoms with Crippen LogP contribution in [0.1, 0.15) is 158 Å². The first kappa shape index (κ1) is 41.8. The zero-order chi connectivity index (χ0) is 37.0. The Morgan fingerprint density at radius 1 is 0.660 bits per heavy atom. The van der Waals surface area contributed by atoms with E-state index in [2.05, 4.69) is 10.6 Å². The highest BCUT2D eigenvalue weighted by Crippen LogP contribution is 2.37. The third kappa shape index (κ3) is 13.2. The third-order valence-electron chi connectivity index (χ3n) is 11.7. The van der Waals surface area contributed by atoms with Gasteiger partial charge in [0, 0.05) is 49.5 Å². The highest BCUT2D eigenvalue weighted by molar-refractivity contribution is 5.90. The molecular weight excluding hydrogens is 632 g/mol. The molecular formula is C41H68N2O7. The lowest BCUT2D eigenvalue weighted by Crippen LogP contribution is -2.47. The first-order valence-corrected chi connectivity index (χ1v) is 20.0. The predicted octanol–water partition coefficient (Wildman–Crippen LogP) is 7.32. The average Bonchev–Trinajstić information content (AvgIpc) is 3.07. The molecule has 0 aromatic rings. The van der Waals surface area contributed by atoms with Gasteiger partial charge in [-0.3, -0.25) is 28.8 Å². The maximum Gasteiger partial charge on any atom is 0.309 e. The second kappa shape index (κ2) is 19.9. The molecule has 3 aliphatic carbocycles. The molecule has 3 aliphatic rings. The van der Waals surface area contributed by atoms with E-state index in [4.69, 9.17) is 4.74 Å². The Kier molecular flexibility index (Phi) is 16.6. The van der Waals surface area contributed by atoms with E-state index in [1.807, 2.05) is 34.6 Å². The largest absolute Gasteiger partial charge is 0.460 e. The smallest absolute Gasteiger partial charge is 0.309 e. The number of Topliss-reactive ketones (excluding diaryl/α,β-unsaturated/α-hetero) is 3. The fourth-order valence-corrected chi connectivity index (χ4v) is 8.53. The van der Waals surface area contributed by atoms with Crippen LogP contribution in [0.3, 0.4) is 0 Å². The first-order chi connectivity index (χ1) is 23.6. The molecule has 0 radical (unpaired) electrons. The monoisotopic (exact) mass is 701 g/mol. The molecule has 284 valence electrons. The first-order valence-electron chi connectivity index (χ1n) is 20.0. The molecule has 3 fully saturated rings. The van der Waals surface area contributed by atoms with Crippen molar-refractivity contribution in [2.75, 3.05) is 6.54 Å². The highest BCUT2D eigenvalue weighted by Gasteiger charge is 2.37. The van der Waals surface area contributed by atoms with Crippen molar-refractivity contribution >= 4 is 35.1 Å². The molecule has 0 spiro atoms. The van der Waals surface area contributed by atoms with Crippen molar-refractivity contribution < 1.29 is 33.5 Å². The number of nitrogens with one attached hydrogen (secondary N) is 2. The van der Waals surface area contributed by atoms with Gasteiger partial charge in [-0.2, -0.15) is 0 Å². The van der Waals surface area contributed by atoms with Crippen LogP contribution in [0.4, 0.5) is 0 Å². The molecule has 0 heterocycles. The Bertz CT molecular complexity index is 1170. The van der Waals surface area contributed by atoms with Crippen LogP contribution in [-0.2, 0) is 33.5 Å². The van der Waals surface area contributed by atoms with Crippen molar-refractivity contribution in [3.05, 3.63) is 0 Å². The molecule has 0 saturated heterocycles. The van der Waals surface area contributed by atoms with Crippen molar-refractivity contribution in [1.29, 1.82) is 0 Å². The molecule has 0 aromatic carbocycles. The summed E-state index contributed by atoms with van der Waals surface area (Å²) in [6.07, 6.45) is 13.4. The van der Waals surface area contributed by atoms with Gasteiger partial charge in [0.15, 0.2) is 5.78 Å². The molecule has 0 aliphatic heterocycles. The third-order valence-corrected chi connectivity index (χ3v) is 11.7. The fraction of sp³-hybridized carbons (Fsp3) is 0.854. The van der Waals surface area contributed by atoms with E-state index in [1.54, 1.807) is 13.8 Å². The van der Waals surface area contributed by atoms with Gasteiger partial charge in [-0.25, -0.2) is 0 Å². The number of ether oxygens (including phenoxy) is 1. The second-order valence-electron chi connectivity index (χ2n) is 17.2. The Hall–Kier alpha value is -2.58. The number of hydrogen-bond donors (Lipinski definition) is 2.